The van der Waals surface area contributed by atoms with Crippen LogP contribution in [0.15, 0.2) is 59.5 Å². The minimum Gasteiger partial charge on any atom is -0.461 e. The van der Waals surface area contributed by atoms with E-state index in [4.69, 9.17) is 4.74 Å². The second kappa shape index (κ2) is 7.84. The van der Waals surface area contributed by atoms with Gasteiger partial charge < -0.3 is 4.74 Å². The van der Waals surface area contributed by atoms with Crippen molar-refractivity contribution >= 4 is 26.6 Å². The number of rotatable bonds is 4. The van der Waals surface area contributed by atoms with Gasteiger partial charge in [-0.3, -0.25) is 4.79 Å². The van der Waals surface area contributed by atoms with E-state index in [1.165, 1.54) is 0 Å². The molecular weight excluding hydrogens is 396 g/mol. The van der Waals surface area contributed by atoms with Crippen LogP contribution < -0.4 is 0 Å². The van der Waals surface area contributed by atoms with Crippen LogP contribution >= 0.6 is 0 Å². The van der Waals surface area contributed by atoms with Crippen LogP contribution in [0.2, 0.25) is 0 Å². The van der Waals surface area contributed by atoms with Crippen molar-refractivity contribution in [2.45, 2.75) is 61.2 Å². The third kappa shape index (κ3) is 3.58. The number of hydrogen-bond acceptors (Lipinski definition) is 4. The second-order valence-corrected chi connectivity index (χ2v) is 11.2. The largest absolute Gasteiger partial charge is 0.461 e. The van der Waals surface area contributed by atoms with Crippen molar-refractivity contribution in [3.63, 3.8) is 0 Å². The third-order valence-electron chi connectivity index (χ3n) is 7.24. The Labute approximate surface area is 178 Å². The van der Waals surface area contributed by atoms with Gasteiger partial charge in [0.2, 0.25) is 0 Å². The predicted molar refractivity (Wildman–Crippen MR) is 117 cm³/mol. The van der Waals surface area contributed by atoms with E-state index in [2.05, 4.69) is 12.2 Å². The number of hydrogen-bond donors (Lipinski definition) is 0. The van der Waals surface area contributed by atoms with E-state index >= 15 is 0 Å². The van der Waals surface area contributed by atoms with Gasteiger partial charge in [0.15, 0.2) is 9.84 Å². The van der Waals surface area contributed by atoms with Crippen LogP contribution in [0.25, 0.3) is 10.8 Å². The van der Waals surface area contributed by atoms with Crippen LogP contribution in [0.1, 0.15) is 44.9 Å². The fraction of sp³-hybridized carbons (Fsp3) is 0.480. The Morgan fingerprint density at radius 1 is 0.900 bits per heavy atom. The van der Waals surface area contributed by atoms with Gasteiger partial charge in [-0.05, 0) is 73.3 Å². The molecule has 4 aliphatic rings. The van der Waals surface area contributed by atoms with Crippen LogP contribution in [0, 0.1) is 17.8 Å². The molecule has 2 aromatic carbocycles. The highest BCUT2D eigenvalue weighted by Crippen LogP contribution is 2.42. The standard InChI is InChI=1S/C25H28O4S/c26-25(22-15-17-9-11-19(22)12-10-17)29-23-7-3-4-8-24(23)30(27,28)21-14-13-18-5-1-2-6-20(18)16-21/h1-2,5-6,9,11,13-14,16-17,19,22-24H,3-4,7-8,10,12,15H2/t17-,19+,22-,23+,24+/m1/s1. The Kier molecular flexibility index (Phi) is 5.18. The maximum atomic E-state index is 13.5. The second-order valence-electron chi connectivity index (χ2n) is 9.08. The third-order valence-corrected chi connectivity index (χ3v) is 9.48. The number of esters is 1. The first-order valence-corrected chi connectivity index (χ1v) is 12.7. The fourth-order valence-electron chi connectivity index (χ4n) is 5.51. The van der Waals surface area contributed by atoms with E-state index in [1.807, 2.05) is 30.3 Å². The van der Waals surface area contributed by atoms with Crippen LogP contribution in [-0.4, -0.2) is 25.7 Å². The molecule has 0 aromatic heterocycles. The summed E-state index contributed by atoms with van der Waals surface area (Å²) >= 11 is 0. The summed E-state index contributed by atoms with van der Waals surface area (Å²) < 4.78 is 33.0. The number of ether oxygens (including phenoxy) is 1. The molecule has 2 bridgehead atoms. The molecule has 0 radical (unpaired) electrons. The van der Waals surface area contributed by atoms with E-state index < -0.39 is 21.2 Å². The summed E-state index contributed by atoms with van der Waals surface area (Å²) in [6.45, 7) is 0. The number of benzene rings is 2. The molecule has 2 saturated carbocycles. The average Bonchev–Trinajstić information content (AvgIpc) is 2.79. The van der Waals surface area contributed by atoms with Gasteiger partial charge in [-0.2, -0.15) is 0 Å². The zero-order chi connectivity index (χ0) is 20.7. The summed E-state index contributed by atoms with van der Waals surface area (Å²) in [4.78, 5) is 13.3. The normalized spacial score (nSPS) is 31.0. The fourth-order valence-corrected chi connectivity index (χ4v) is 7.48. The molecule has 158 valence electrons. The van der Waals surface area contributed by atoms with Crippen molar-refractivity contribution < 1.29 is 17.9 Å². The molecule has 0 N–H and O–H groups in total. The first-order valence-electron chi connectivity index (χ1n) is 11.1. The maximum absolute atomic E-state index is 13.5. The van der Waals surface area contributed by atoms with Gasteiger partial charge in [0.25, 0.3) is 0 Å². The molecule has 0 aliphatic heterocycles. The van der Waals surface area contributed by atoms with E-state index in [-0.39, 0.29) is 17.8 Å². The molecule has 0 heterocycles. The van der Waals surface area contributed by atoms with Crippen molar-refractivity contribution in [1.82, 2.24) is 0 Å². The van der Waals surface area contributed by atoms with Crippen LogP contribution in [0.4, 0.5) is 0 Å². The Balaban J connectivity index is 1.38. The maximum Gasteiger partial charge on any atom is 0.309 e. The van der Waals surface area contributed by atoms with Crippen molar-refractivity contribution in [3.05, 3.63) is 54.6 Å². The lowest BCUT2D eigenvalue weighted by atomic mass is 9.69. The highest BCUT2D eigenvalue weighted by atomic mass is 32.2. The zero-order valence-electron chi connectivity index (χ0n) is 17.1. The summed E-state index contributed by atoms with van der Waals surface area (Å²) in [7, 11) is -3.58. The Hall–Kier alpha value is -2.14. The van der Waals surface area contributed by atoms with Gasteiger partial charge in [0, 0.05) is 0 Å². The molecule has 30 heavy (non-hydrogen) atoms. The van der Waals surface area contributed by atoms with Gasteiger partial charge in [-0.25, -0.2) is 8.42 Å². The van der Waals surface area contributed by atoms with Crippen LogP contribution in [0.5, 0.6) is 0 Å². The number of fused-ring (bicyclic) bond motifs is 3. The first-order chi connectivity index (χ1) is 14.5. The predicted octanol–water partition coefficient (Wildman–Crippen LogP) is 5.07. The molecule has 4 aliphatic carbocycles. The Bertz CT molecular complexity index is 1090. The van der Waals surface area contributed by atoms with Crippen molar-refractivity contribution in [3.8, 4) is 0 Å². The molecule has 6 rings (SSSR count). The summed E-state index contributed by atoms with van der Waals surface area (Å²) in [6.07, 6.45) is 9.78. The van der Waals surface area contributed by atoms with Crippen molar-refractivity contribution in [1.29, 1.82) is 0 Å². The summed E-state index contributed by atoms with van der Waals surface area (Å²) in [5, 5.41) is 1.27. The summed E-state index contributed by atoms with van der Waals surface area (Å²) in [6, 6.07) is 13.1. The average molecular weight is 425 g/mol. The van der Waals surface area contributed by atoms with Crippen LogP contribution in [0.3, 0.4) is 0 Å². The lowest BCUT2D eigenvalue weighted by molar-refractivity contribution is -0.158. The molecule has 4 nitrogen and oxygen atoms in total. The minimum atomic E-state index is -3.58. The molecule has 0 unspecified atom stereocenters. The van der Waals surface area contributed by atoms with Gasteiger partial charge in [0.1, 0.15) is 11.4 Å². The number of allylic oxidation sites excluding steroid dienone is 2. The SMILES string of the molecule is O=C(O[C@H]1CCCC[C@@H]1S(=O)(=O)c1ccc2ccccc2c1)[C@@H]1C[C@@H]2C=C[C@H]1CC2. The van der Waals surface area contributed by atoms with Crippen molar-refractivity contribution in [2.24, 2.45) is 17.8 Å². The Morgan fingerprint density at radius 3 is 2.43 bits per heavy atom. The monoisotopic (exact) mass is 424 g/mol. The zero-order valence-corrected chi connectivity index (χ0v) is 17.9. The minimum absolute atomic E-state index is 0.111. The summed E-state index contributed by atoms with van der Waals surface area (Å²) in [5.41, 5.74) is 0. The van der Waals surface area contributed by atoms with Gasteiger partial charge in [-0.1, -0.05) is 48.9 Å². The van der Waals surface area contributed by atoms with Gasteiger partial charge >= 0.3 is 5.97 Å². The molecule has 0 amide bonds. The van der Waals surface area contributed by atoms with E-state index in [9.17, 15) is 13.2 Å². The highest BCUT2D eigenvalue weighted by Gasteiger charge is 2.42. The number of carbonyl (C=O) groups excluding carboxylic acids is 1. The quantitative estimate of drug-likeness (QED) is 0.508. The van der Waals surface area contributed by atoms with Crippen molar-refractivity contribution in [2.75, 3.05) is 0 Å². The molecule has 0 spiro atoms. The molecular formula is C25H28O4S. The molecule has 5 heteroatoms. The van der Waals surface area contributed by atoms with E-state index in [0.29, 0.717) is 23.7 Å². The lowest BCUT2D eigenvalue weighted by Crippen LogP contribution is -2.43. The molecule has 0 saturated heterocycles. The molecule has 5 atom stereocenters. The van der Waals surface area contributed by atoms with Gasteiger partial charge in [0.05, 0.1) is 10.8 Å². The van der Waals surface area contributed by atoms with E-state index in [1.54, 1.807) is 12.1 Å². The highest BCUT2D eigenvalue weighted by molar-refractivity contribution is 7.92. The topological polar surface area (TPSA) is 60.4 Å². The number of sulfone groups is 1. The molecule has 2 fully saturated rings. The summed E-state index contributed by atoms with van der Waals surface area (Å²) in [5.74, 6) is 0.414. The first kappa shape index (κ1) is 19.8. The van der Waals surface area contributed by atoms with Crippen LogP contribution in [-0.2, 0) is 19.4 Å². The molecule has 2 aromatic rings. The Morgan fingerprint density at radius 2 is 1.70 bits per heavy atom. The smallest absolute Gasteiger partial charge is 0.309 e. The number of carbonyl (C=O) groups is 1. The lowest BCUT2D eigenvalue weighted by Gasteiger charge is -2.38. The van der Waals surface area contributed by atoms with E-state index in [0.717, 1.165) is 42.9 Å². The van der Waals surface area contributed by atoms with Gasteiger partial charge in [-0.15, -0.1) is 0 Å².